The van der Waals surface area contributed by atoms with Crippen LogP contribution in [-0.4, -0.2) is 27.2 Å². The van der Waals surface area contributed by atoms with Crippen LogP contribution in [0.2, 0.25) is 0 Å². The highest BCUT2D eigenvalue weighted by molar-refractivity contribution is 7.10. The number of nitrogens with one attached hydrogen (secondary N) is 1. The Morgan fingerprint density at radius 2 is 2.44 bits per heavy atom. The van der Waals surface area contributed by atoms with Crippen molar-refractivity contribution in [3.8, 4) is 11.8 Å². The van der Waals surface area contributed by atoms with Gasteiger partial charge in [0.1, 0.15) is 11.5 Å². The first-order valence-electron chi connectivity index (χ1n) is 5.02. The third-order valence-electron chi connectivity index (χ3n) is 1.97. The van der Waals surface area contributed by atoms with Crippen molar-refractivity contribution < 1.29 is 9.90 Å². The number of carbonyl (C=O) groups excluding carboxylic acids is 1. The summed E-state index contributed by atoms with van der Waals surface area (Å²) in [5.41, 5.74) is 0.845. The molecule has 2 N–H and O–H groups in total. The maximum atomic E-state index is 11.6. The van der Waals surface area contributed by atoms with Gasteiger partial charge in [0.15, 0.2) is 0 Å². The van der Waals surface area contributed by atoms with Gasteiger partial charge >= 0.3 is 0 Å². The quantitative estimate of drug-likeness (QED) is 0.818. The predicted octanol–water partition coefficient (Wildman–Crippen LogP) is 0.873. The standard InChI is InChI=1S/C11H9N3O2S2/c15-3-1-2-8-4-9(17-7-8)5-12-11(16)10-6-13-14-18-10/h4,6-7,15H,3,5H2,(H,12,16). The molecule has 0 saturated heterocycles. The summed E-state index contributed by atoms with van der Waals surface area (Å²) in [5, 5.41) is 16.8. The average molecular weight is 279 g/mol. The first-order valence-corrected chi connectivity index (χ1v) is 6.67. The largest absolute Gasteiger partial charge is 0.384 e. The summed E-state index contributed by atoms with van der Waals surface area (Å²) in [7, 11) is 0. The Balaban J connectivity index is 1.90. The first kappa shape index (κ1) is 12.7. The normalized spacial score (nSPS) is 9.61. The maximum Gasteiger partial charge on any atom is 0.264 e. The Morgan fingerprint density at radius 1 is 1.56 bits per heavy atom. The number of amides is 1. The van der Waals surface area contributed by atoms with Crippen LogP contribution < -0.4 is 5.32 Å². The second-order valence-corrected chi connectivity index (χ2v) is 5.01. The lowest BCUT2D eigenvalue weighted by molar-refractivity contribution is 0.0955. The number of aliphatic hydroxyl groups is 1. The van der Waals surface area contributed by atoms with Crippen molar-refractivity contribution in [1.82, 2.24) is 14.9 Å². The summed E-state index contributed by atoms with van der Waals surface area (Å²) >= 11 is 2.58. The molecule has 2 aromatic rings. The third-order valence-corrected chi connectivity index (χ3v) is 3.57. The molecule has 5 nitrogen and oxygen atoms in total. The van der Waals surface area contributed by atoms with E-state index in [1.54, 1.807) is 0 Å². The van der Waals surface area contributed by atoms with Gasteiger partial charge in [-0.3, -0.25) is 4.79 Å². The molecule has 0 bridgehead atoms. The van der Waals surface area contributed by atoms with Gasteiger partial charge in [-0.2, -0.15) is 0 Å². The number of carbonyl (C=O) groups is 1. The number of rotatable bonds is 3. The van der Waals surface area contributed by atoms with E-state index in [0.717, 1.165) is 22.0 Å². The fourth-order valence-corrected chi connectivity index (χ4v) is 2.39. The van der Waals surface area contributed by atoms with E-state index in [4.69, 9.17) is 5.11 Å². The molecule has 1 amide bonds. The summed E-state index contributed by atoms with van der Waals surface area (Å²) in [6.07, 6.45) is 1.44. The first-order chi connectivity index (χ1) is 8.79. The van der Waals surface area contributed by atoms with Crippen LogP contribution in [0, 0.1) is 11.8 Å². The van der Waals surface area contributed by atoms with E-state index in [1.165, 1.54) is 17.5 Å². The zero-order valence-corrected chi connectivity index (χ0v) is 10.8. The van der Waals surface area contributed by atoms with Gasteiger partial charge in [0.25, 0.3) is 5.91 Å². The molecule has 2 aromatic heterocycles. The SMILES string of the molecule is O=C(NCc1cc(C#CCO)cs1)c1cnns1. The number of thiophene rings is 1. The molecule has 0 aliphatic carbocycles. The van der Waals surface area contributed by atoms with Crippen molar-refractivity contribution in [2.24, 2.45) is 0 Å². The van der Waals surface area contributed by atoms with Gasteiger partial charge < -0.3 is 10.4 Å². The zero-order chi connectivity index (χ0) is 12.8. The number of nitrogens with zero attached hydrogens (tertiary/aromatic N) is 2. The molecule has 0 radical (unpaired) electrons. The molecule has 0 aliphatic heterocycles. The molecule has 0 atom stereocenters. The van der Waals surface area contributed by atoms with Gasteiger partial charge in [0.2, 0.25) is 0 Å². The highest BCUT2D eigenvalue weighted by Crippen LogP contribution is 2.13. The predicted molar refractivity (Wildman–Crippen MR) is 69.4 cm³/mol. The molecule has 0 aromatic carbocycles. The summed E-state index contributed by atoms with van der Waals surface area (Å²) in [6.45, 7) is 0.294. The molecule has 0 fully saturated rings. The molecule has 2 heterocycles. The smallest absolute Gasteiger partial charge is 0.264 e. The maximum absolute atomic E-state index is 11.6. The lowest BCUT2D eigenvalue weighted by Crippen LogP contribution is -2.21. The summed E-state index contributed by atoms with van der Waals surface area (Å²) in [5.74, 6) is 5.21. The van der Waals surface area contributed by atoms with Crippen LogP contribution in [0.4, 0.5) is 0 Å². The van der Waals surface area contributed by atoms with Crippen LogP contribution in [-0.2, 0) is 6.54 Å². The van der Waals surface area contributed by atoms with Gasteiger partial charge in [-0.15, -0.1) is 16.4 Å². The Labute approximate surface area is 112 Å². The number of aromatic nitrogens is 2. The van der Waals surface area contributed by atoms with Crippen LogP contribution in [0.1, 0.15) is 20.1 Å². The minimum absolute atomic E-state index is 0.152. The van der Waals surface area contributed by atoms with E-state index < -0.39 is 0 Å². The van der Waals surface area contributed by atoms with Crippen molar-refractivity contribution in [2.45, 2.75) is 6.54 Å². The van der Waals surface area contributed by atoms with Crippen LogP contribution >= 0.6 is 22.9 Å². The highest BCUT2D eigenvalue weighted by atomic mass is 32.1. The summed E-state index contributed by atoms with van der Waals surface area (Å²) in [4.78, 5) is 13.1. The molecule has 92 valence electrons. The van der Waals surface area contributed by atoms with E-state index in [9.17, 15) is 4.79 Å². The molecule has 18 heavy (non-hydrogen) atoms. The van der Waals surface area contributed by atoms with Crippen LogP contribution in [0.15, 0.2) is 17.6 Å². The van der Waals surface area contributed by atoms with Crippen LogP contribution in [0.25, 0.3) is 0 Å². The molecular weight excluding hydrogens is 270 g/mol. The molecule has 0 spiro atoms. The molecule has 2 rings (SSSR count). The van der Waals surface area contributed by atoms with Gasteiger partial charge in [-0.1, -0.05) is 16.3 Å². The molecule has 0 saturated carbocycles. The highest BCUT2D eigenvalue weighted by Gasteiger charge is 2.08. The van der Waals surface area contributed by atoms with Crippen molar-refractivity contribution in [1.29, 1.82) is 0 Å². The van der Waals surface area contributed by atoms with E-state index >= 15 is 0 Å². The molecule has 7 heteroatoms. The van der Waals surface area contributed by atoms with Crippen molar-refractivity contribution in [3.63, 3.8) is 0 Å². The lowest BCUT2D eigenvalue weighted by Gasteiger charge is -1.99. The molecular formula is C11H9N3O2S2. The third kappa shape index (κ3) is 3.37. The Kier molecular flexibility index (Phi) is 4.41. The summed E-state index contributed by atoms with van der Waals surface area (Å²) in [6, 6.07) is 1.89. The second kappa shape index (κ2) is 6.26. The van der Waals surface area contributed by atoms with E-state index in [2.05, 4.69) is 26.7 Å². The van der Waals surface area contributed by atoms with Gasteiger partial charge in [0.05, 0.1) is 12.7 Å². The van der Waals surface area contributed by atoms with E-state index in [1.807, 2.05) is 11.4 Å². The number of hydrogen-bond acceptors (Lipinski definition) is 6. The molecule has 0 unspecified atom stereocenters. The zero-order valence-electron chi connectivity index (χ0n) is 9.21. The van der Waals surface area contributed by atoms with E-state index in [-0.39, 0.29) is 12.5 Å². The van der Waals surface area contributed by atoms with Crippen LogP contribution in [0.5, 0.6) is 0 Å². The van der Waals surface area contributed by atoms with Gasteiger partial charge in [-0.25, -0.2) is 0 Å². The van der Waals surface area contributed by atoms with Crippen LogP contribution in [0.3, 0.4) is 0 Å². The average Bonchev–Trinajstić information content (AvgIpc) is 3.04. The van der Waals surface area contributed by atoms with Crippen molar-refractivity contribution in [3.05, 3.63) is 33.0 Å². The fourth-order valence-electron chi connectivity index (χ4n) is 1.20. The lowest BCUT2D eigenvalue weighted by atomic mass is 10.3. The molecule has 0 aliphatic rings. The van der Waals surface area contributed by atoms with Crippen molar-refractivity contribution >= 4 is 28.8 Å². The van der Waals surface area contributed by atoms with Gasteiger partial charge in [-0.05, 0) is 17.6 Å². The second-order valence-electron chi connectivity index (χ2n) is 3.23. The Hall–Kier alpha value is -1.75. The summed E-state index contributed by atoms with van der Waals surface area (Å²) < 4.78 is 3.63. The monoisotopic (exact) mass is 279 g/mol. The van der Waals surface area contributed by atoms with Gasteiger partial charge in [0, 0.05) is 15.8 Å². The van der Waals surface area contributed by atoms with E-state index in [0.29, 0.717) is 11.4 Å². The number of aliphatic hydroxyl groups excluding tert-OH is 1. The van der Waals surface area contributed by atoms with Crippen molar-refractivity contribution in [2.75, 3.05) is 6.61 Å². The fraction of sp³-hybridized carbons (Fsp3) is 0.182. The Morgan fingerprint density at radius 3 is 3.17 bits per heavy atom. The number of hydrogen-bond donors (Lipinski definition) is 2. The Bertz CT molecular complexity index is 581. The minimum Gasteiger partial charge on any atom is -0.384 e. The minimum atomic E-state index is -0.179. The topological polar surface area (TPSA) is 75.1 Å².